The van der Waals surface area contributed by atoms with Crippen LogP contribution in [0.2, 0.25) is 5.02 Å². The molecule has 0 atom stereocenters. The van der Waals surface area contributed by atoms with E-state index in [4.69, 9.17) is 16.3 Å². The van der Waals surface area contributed by atoms with Crippen LogP contribution in [0.4, 0.5) is 0 Å². The lowest BCUT2D eigenvalue weighted by molar-refractivity contribution is 0.0526. The van der Waals surface area contributed by atoms with Gasteiger partial charge in [0.2, 0.25) is 0 Å². The Hall–Kier alpha value is -1.82. The van der Waals surface area contributed by atoms with Crippen LogP contribution in [0.5, 0.6) is 0 Å². The van der Waals surface area contributed by atoms with Crippen molar-refractivity contribution < 1.29 is 9.53 Å². The van der Waals surface area contributed by atoms with Crippen molar-refractivity contribution in [2.75, 3.05) is 6.61 Å². The first-order chi connectivity index (χ1) is 12.2. The molecule has 0 aliphatic heterocycles. The molecule has 0 N–H and O–H groups in total. The van der Waals surface area contributed by atoms with E-state index in [0.29, 0.717) is 12.2 Å². The Morgan fingerprint density at radius 3 is 2.56 bits per heavy atom. The largest absolute Gasteiger partial charge is 0.462 e. The highest BCUT2D eigenvalue weighted by Crippen LogP contribution is 2.30. The predicted octanol–water partition coefficient (Wildman–Crippen LogP) is 5.93. The third-order valence-corrected chi connectivity index (χ3v) is 5.79. The maximum absolute atomic E-state index is 11.6. The molecule has 3 rings (SSSR count). The van der Waals surface area contributed by atoms with Gasteiger partial charge in [-0.05, 0) is 36.8 Å². The van der Waals surface area contributed by atoms with Gasteiger partial charge in [-0.3, -0.25) is 0 Å². The Labute approximate surface area is 160 Å². The van der Waals surface area contributed by atoms with Crippen LogP contribution in [0.25, 0.3) is 11.3 Å². The van der Waals surface area contributed by atoms with Crippen LogP contribution in [0.15, 0.2) is 58.3 Å². The van der Waals surface area contributed by atoms with E-state index >= 15 is 0 Å². The number of ether oxygens (including phenoxy) is 1. The van der Waals surface area contributed by atoms with Gasteiger partial charge >= 0.3 is 5.97 Å². The van der Waals surface area contributed by atoms with Gasteiger partial charge < -0.3 is 4.74 Å². The molecule has 1 aromatic heterocycles. The first-order valence-corrected chi connectivity index (χ1v) is 10.0. The number of carbonyl (C=O) groups is 1. The Kier molecular flexibility index (Phi) is 6.13. The number of hydrogen-bond donors (Lipinski definition) is 0. The number of esters is 1. The minimum atomic E-state index is -0.283. The summed E-state index contributed by atoms with van der Waals surface area (Å²) >= 11 is 9.23. The molecule has 0 saturated carbocycles. The summed E-state index contributed by atoms with van der Waals surface area (Å²) in [7, 11) is 0. The third kappa shape index (κ3) is 4.84. The number of thioether (sulfide) groups is 1. The summed E-state index contributed by atoms with van der Waals surface area (Å²) in [6.07, 6.45) is 0. The Morgan fingerprint density at radius 1 is 1.16 bits per heavy atom. The number of benzene rings is 2. The van der Waals surface area contributed by atoms with Crippen LogP contribution in [0, 0.1) is 0 Å². The van der Waals surface area contributed by atoms with Crippen molar-refractivity contribution in [1.82, 2.24) is 4.98 Å². The van der Waals surface area contributed by atoms with Crippen LogP contribution in [0.1, 0.15) is 22.8 Å². The topological polar surface area (TPSA) is 39.2 Å². The standard InChI is InChI=1S/C19H16ClNO2S2/c1-2-23-18(22)15-5-3-13(4-6-15)11-24-19-21-17(12-25-19)14-7-9-16(20)10-8-14/h3-10,12H,2,11H2,1H3. The van der Waals surface area contributed by atoms with Crippen molar-refractivity contribution in [3.05, 3.63) is 70.1 Å². The number of halogens is 1. The van der Waals surface area contributed by atoms with Crippen LogP contribution in [0.3, 0.4) is 0 Å². The second-order valence-corrected chi connectivity index (χ2v) is 7.73. The lowest BCUT2D eigenvalue weighted by atomic mass is 10.1. The van der Waals surface area contributed by atoms with Gasteiger partial charge in [-0.1, -0.05) is 47.6 Å². The van der Waals surface area contributed by atoms with E-state index in [9.17, 15) is 4.79 Å². The van der Waals surface area contributed by atoms with Crippen molar-refractivity contribution in [3.8, 4) is 11.3 Å². The number of nitrogens with zero attached hydrogens (tertiary/aromatic N) is 1. The number of carbonyl (C=O) groups excluding carboxylic acids is 1. The summed E-state index contributed by atoms with van der Waals surface area (Å²) in [4.78, 5) is 16.3. The van der Waals surface area contributed by atoms with E-state index in [0.717, 1.165) is 31.9 Å². The molecule has 0 aliphatic carbocycles. The molecule has 0 spiro atoms. The minimum Gasteiger partial charge on any atom is -0.462 e. The smallest absolute Gasteiger partial charge is 0.338 e. The molecule has 0 saturated heterocycles. The molecule has 6 heteroatoms. The average Bonchev–Trinajstić information content (AvgIpc) is 3.10. The first kappa shape index (κ1) is 18.0. The summed E-state index contributed by atoms with van der Waals surface area (Å²) in [6, 6.07) is 15.2. The number of aromatic nitrogens is 1. The Morgan fingerprint density at radius 2 is 1.88 bits per heavy atom. The first-order valence-electron chi connectivity index (χ1n) is 7.76. The van der Waals surface area contributed by atoms with Crippen molar-refractivity contribution in [2.45, 2.75) is 17.0 Å². The molecule has 0 aliphatic rings. The Balaban J connectivity index is 1.60. The average molecular weight is 390 g/mol. The Bertz CT molecular complexity index is 845. The highest BCUT2D eigenvalue weighted by Gasteiger charge is 2.08. The zero-order valence-electron chi connectivity index (χ0n) is 13.6. The van der Waals surface area contributed by atoms with Gasteiger partial charge in [0.1, 0.15) is 0 Å². The molecule has 128 valence electrons. The van der Waals surface area contributed by atoms with E-state index < -0.39 is 0 Å². The number of hydrogen-bond acceptors (Lipinski definition) is 5. The molecule has 0 radical (unpaired) electrons. The van der Waals surface area contributed by atoms with Crippen molar-refractivity contribution >= 4 is 40.7 Å². The minimum absolute atomic E-state index is 0.283. The van der Waals surface area contributed by atoms with Gasteiger partial charge in [-0.15, -0.1) is 11.3 Å². The fourth-order valence-corrected chi connectivity index (χ4v) is 4.09. The van der Waals surface area contributed by atoms with Crippen molar-refractivity contribution in [3.63, 3.8) is 0 Å². The van der Waals surface area contributed by atoms with Crippen LogP contribution >= 0.6 is 34.7 Å². The van der Waals surface area contributed by atoms with Gasteiger partial charge in [0.25, 0.3) is 0 Å². The SMILES string of the molecule is CCOC(=O)c1ccc(CSc2nc(-c3ccc(Cl)cc3)cs2)cc1. The molecule has 0 amide bonds. The quantitative estimate of drug-likeness (QED) is 0.386. The second-order valence-electron chi connectivity index (χ2n) is 5.21. The van der Waals surface area contributed by atoms with E-state index in [1.807, 2.05) is 36.4 Å². The van der Waals surface area contributed by atoms with Crippen LogP contribution < -0.4 is 0 Å². The molecular formula is C19H16ClNO2S2. The van der Waals surface area contributed by atoms with E-state index in [-0.39, 0.29) is 5.97 Å². The van der Waals surface area contributed by atoms with E-state index in [2.05, 4.69) is 10.4 Å². The molecule has 0 fully saturated rings. The van der Waals surface area contributed by atoms with Crippen LogP contribution in [-0.2, 0) is 10.5 Å². The maximum atomic E-state index is 11.6. The fraction of sp³-hybridized carbons (Fsp3) is 0.158. The highest BCUT2D eigenvalue weighted by atomic mass is 35.5. The number of rotatable bonds is 6. The zero-order chi connectivity index (χ0) is 17.6. The lowest BCUT2D eigenvalue weighted by Crippen LogP contribution is -2.04. The molecular weight excluding hydrogens is 374 g/mol. The molecule has 25 heavy (non-hydrogen) atoms. The number of thiazole rings is 1. The molecule has 1 heterocycles. The van der Waals surface area contributed by atoms with Gasteiger partial charge in [-0.2, -0.15) is 0 Å². The molecule has 0 unspecified atom stereocenters. The second kappa shape index (κ2) is 8.52. The van der Waals surface area contributed by atoms with Gasteiger partial charge in [0.05, 0.1) is 17.9 Å². The highest BCUT2D eigenvalue weighted by molar-refractivity contribution is 8.00. The predicted molar refractivity (Wildman–Crippen MR) is 105 cm³/mol. The van der Waals surface area contributed by atoms with Gasteiger partial charge in [-0.25, -0.2) is 9.78 Å². The monoisotopic (exact) mass is 389 g/mol. The van der Waals surface area contributed by atoms with E-state index in [1.54, 1.807) is 42.2 Å². The van der Waals surface area contributed by atoms with E-state index in [1.165, 1.54) is 0 Å². The summed E-state index contributed by atoms with van der Waals surface area (Å²) in [6.45, 7) is 2.19. The van der Waals surface area contributed by atoms with Gasteiger partial charge in [0, 0.05) is 21.7 Å². The maximum Gasteiger partial charge on any atom is 0.338 e. The lowest BCUT2D eigenvalue weighted by Gasteiger charge is -2.03. The zero-order valence-corrected chi connectivity index (χ0v) is 16.0. The molecule has 3 nitrogen and oxygen atoms in total. The molecule has 3 aromatic rings. The van der Waals surface area contributed by atoms with Crippen LogP contribution in [-0.4, -0.2) is 17.6 Å². The summed E-state index contributed by atoms with van der Waals surface area (Å²) < 4.78 is 6.00. The third-order valence-electron chi connectivity index (χ3n) is 3.45. The molecule has 2 aromatic carbocycles. The summed E-state index contributed by atoms with van der Waals surface area (Å²) in [5, 5.41) is 2.77. The summed E-state index contributed by atoms with van der Waals surface area (Å²) in [5.41, 5.74) is 3.74. The van der Waals surface area contributed by atoms with Crippen molar-refractivity contribution in [2.24, 2.45) is 0 Å². The van der Waals surface area contributed by atoms with Gasteiger partial charge in [0.15, 0.2) is 4.34 Å². The van der Waals surface area contributed by atoms with Crippen molar-refractivity contribution in [1.29, 1.82) is 0 Å². The normalized spacial score (nSPS) is 10.6. The molecule has 0 bridgehead atoms. The fourth-order valence-electron chi connectivity index (χ4n) is 2.17. The summed E-state index contributed by atoms with van der Waals surface area (Å²) in [5.74, 6) is 0.519.